The van der Waals surface area contributed by atoms with Crippen LogP contribution < -0.4 is 9.47 Å². The lowest BCUT2D eigenvalue weighted by atomic mass is 10.1. The maximum Gasteiger partial charge on any atom is 0.128 e. The van der Waals surface area contributed by atoms with Crippen LogP contribution in [0.5, 0.6) is 11.5 Å². The lowest BCUT2D eigenvalue weighted by Crippen LogP contribution is -2.10. The van der Waals surface area contributed by atoms with Crippen molar-refractivity contribution in [3.63, 3.8) is 0 Å². The first-order chi connectivity index (χ1) is 11.8. The van der Waals surface area contributed by atoms with Gasteiger partial charge in [0.25, 0.3) is 0 Å². The van der Waals surface area contributed by atoms with E-state index in [4.69, 9.17) is 26.3 Å². The number of oxime groups is 1. The summed E-state index contributed by atoms with van der Waals surface area (Å²) in [7, 11) is 0. The van der Waals surface area contributed by atoms with Gasteiger partial charge < -0.3 is 14.7 Å². The predicted molar refractivity (Wildman–Crippen MR) is 95.8 cm³/mol. The van der Waals surface area contributed by atoms with Crippen molar-refractivity contribution >= 4 is 28.6 Å². The summed E-state index contributed by atoms with van der Waals surface area (Å²) < 4.78 is 11.4. The molecule has 0 unspecified atom stereocenters. The summed E-state index contributed by atoms with van der Waals surface area (Å²) in [6.45, 7) is 0.761. The Morgan fingerprint density at radius 2 is 1.71 bits per heavy atom. The fourth-order valence-electron chi connectivity index (χ4n) is 2.38. The van der Waals surface area contributed by atoms with Crippen molar-refractivity contribution in [1.29, 1.82) is 0 Å². The van der Waals surface area contributed by atoms with Gasteiger partial charge in [-0.15, -0.1) is 0 Å². The third-order valence-electron chi connectivity index (χ3n) is 3.50. The quantitative estimate of drug-likeness (QED) is 0.304. The number of nitrogens with zero attached hydrogens (tertiary/aromatic N) is 1. The summed E-state index contributed by atoms with van der Waals surface area (Å²) in [5, 5.41) is 14.6. The molecule has 0 aromatic heterocycles. The van der Waals surface area contributed by atoms with Gasteiger partial charge in [0, 0.05) is 10.6 Å². The second kappa shape index (κ2) is 7.70. The Morgan fingerprint density at radius 1 is 0.917 bits per heavy atom. The number of hydrogen-bond donors (Lipinski definition) is 1. The molecule has 4 nitrogen and oxygen atoms in total. The smallest absolute Gasteiger partial charge is 0.128 e. The SMILES string of the molecule is ON=Cc1cc(Cl)ccc1OCCOc1ccc2ccccc2c1. The Morgan fingerprint density at radius 3 is 2.54 bits per heavy atom. The van der Waals surface area contributed by atoms with Crippen LogP contribution in [0.3, 0.4) is 0 Å². The van der Waals surface area contributed by atoms with Gasteiger partial charge in [-0.2, -0.15) is 0 Å². The summed E-state index contributed by atoms with van der Waals surface area (Å²) in [4.78, 5) is 0. The molecule has 0 bridgehead atoms. The molecule has 0 saturated heterocycles. The molecule has 122 valence electrons. The molecule has 3 rings (SSSR count). The number of ether oxygens (including phenoxy) is 2. The van der Waals surface area contributed by atoms with Crippen LogP contribution in [0, 0.1) is 0 Å². The van der Waals surface area contributed by atoms with Crippen molar-refractivity contribution in [2.75, 3.05) is 13.2 Å². The zero-order valence-corrected chi connectivity index (χ0v) is 13.6. The van der Waals surface area contributed by atoms with Crippen molar-refractivity contribution in [2.45, 2.75) is 0 Å². The van der Waals surface area contributed by atoms with Crippen LogP contribution in [0.4, 0.5) is 0 Å². The first-order valence-corrected chi connectivity index (χ1v) is 7.85. The Labute approximate surface area is 144 Å². The summed E-state index contributed by atoms with van der Waals surface area (Å²) in [5.41, 5.74) is 0.607. The van der Waals surface area contributed by atoms with Crippen molar-refractivity contribution in [2.24, 2.45) is 5.16 Å². The Balaban J connectivity index is 1.58. The van der Waals surface area contributed by atoms with Crippen molar-refractivity contribution < 1.29 is 14.7 Å². The van der Waals surface area contributed by atoms with Crippen LogP contribution >= 0.6 is 11.6 Å². The average molecular weight is 342 g/mol. The van der Waals surface area contributed by atoms with Gasteiger partial charge in [0.05, 0.1) is 6.21 Å². The molecule has 3 aromatic carbocycles. The van der Waals surface area contributed by atoms with E-state index in [1.54, 1.807) is 18.2 Å². The molecule has 3 aromatic rings. The van der Waals surface area contributed by atoms with Crippen LogP contribution in [0.1, 0.15) is 5.56 Å². The molecule has 1 N–H and O–H groups in total. The van der Waals surface area contributed by atoms with E-state index in [9.17, 15) is 0 Å². The normalized spacial score (nSPS) is 11.0. The Bertz CT molecular complexity index is 864. The molecule has 0 aliphatic heterocycles. The summed E-state index contributed by atoms with van der Waals surface area (Å²) >= 11 is 5.92. The van der Waals surface area contributed by atoms with Gasteiger partial charge in [0.15, 0.2) is 0 Å². The molecule has 0 fully saturated rings. The van der Waals surface area contributed by atoms with Crippen molar-refractivity contribution in [3.05, 3.63) is 71.2 Å². The van der Waals surface area contributed by atoms with E-state index in [0.717, 1.165) is 11.1 Å². The maximum atomic E-state index is 8.69. The summed E-state index contributed by atoms with van der Waals surface area (Å²) in [6.07, 6.45) is 1.28. The van der Waals surface area contributed by atoms with E-state index in [2.05, 4.69) is 11.2 Å². The highest BCUT2D eigenvalue weighted by Crippen LogP contribution is 2.22. The molecule has 24 heavy (non-hydrogen) atoms. The summed E-state index contributed by atoms with van der Waals surface area (Å²) in [6, 6.07) is 19.2. The highest BCUT2D eigenvalue weighted by Gasteiger charge is 2.04. The zero-order chi connectivity index (χ0) is 16.8. The number of hydrogen-bond acceptors (Lipinski definition) is 4. The van der Waals surface area contributed by atoms with Gasteiger partial charge in [-0.1, -0.05) is 47.1 Å². The standard InChI is InChI=1S/C19H16ClNO3/c20-17-6-8-19(16(11-17)13-21-22)24-10-9-23-18-7-5-14-3-1-2-4-15(14)12-18/h1-8,11-13,22H,9-10H2. The van der Waals surface area contributed by atoms with Crippen LogP contribution in [-0.2, 0) is 0 Å². The number of halogens is 1. The summed E-state index contributed by atoms with van der Waals surface area (Å²) in [5.74, 6) is 1.38. The first kappa shape index (κ1) is 16.1. The number of fused-ring (bicyclic) bond motifs is 1. The van der Waals surface area contributed by atoms with E-state index < -0.39 is 0 Å². The minimum absolute atomic E-state index is 0.362. The molecule has 0 aliphatic carbocycles. The van der Waals surface area contributed by atoms with Crippen LogP contribution in [0.2, 0.25) is 5.02 Å². The highest BCUT2D eigenvalue weighted by atomic mass is 35.5. The lowest BCUT2D eigenvalue weighted by Gasteiger charge is -2.11. The molecule has 0 radical (unpaired) electrons. The second-order valence-corrected chi connectivity index (χ2v) is 5.57. The van der Waals surface area contributed by atoms with Gasteiger partial charge in [0.2, 0.25) is 0 Å². The number of benzene rings is 3. The van der Waals surface area contributed by atoms with Gasteiger partial charge >= 0.3 is 0 Å². The largest absolute Gasteiger partial charge is 0.490 e. The zero-order valence-electron chi connectivity index (χ0n) is 12.9. The lowest BCUT2D eigenvalue weighted by molar-refractivity contribution is 0.217. The van der Waals surface area contributed by atoms with E-state index in [1.165, 1.54) is 11.6 Å². The van der Waals surface area contributed by atoms with Gasteiger partial charge in [0.1, 0.15) is 24.7 Å². The van der Waals surface area contributed by atoms with E-state index >= 15 is 0 Å². The molecule has 0 amide bonds. The van der Waals surface area contributed by atoms with Crippen LogP contribution in [-0.4, -0.2) is 24.6 Å². The van der Waals surface area contributed by atoms with Crippen LogP contribution in [0.25, 0.3) is 10.8 Å². The van der Waals surface area contributed by atoms with Gasteiger partial charge in [-0.05, 0) is 41.1 Å². The Kier molecular flexibility index (Phi) is 5.18. The van der Waals surface area contributed by atoms with Crippen molar-refractivity contribution in [1.82, 2.24) is 0 Å². The molecule has 0 spiro atoms. The molecular weight excluding hydrogens is 326 g/mol. The topological polar surface area (TPSA) is 51.1 Å². The van der Waals surface area contributed by atoms with E-state index in [-0.39, 0.29) is 0 Å². The molecule has 0 atom stereocenters. The third kappa shape index (κ3) is 3.97. The van der Waals surface area contributed by atoms with E-state index in [0.29, 0.717) is 29.5 Å². The maximum absolute atomic E-state index is 8.69. The minimum atomic E-state index is 0.362. The number of rotatable bonds is 6. The Hall–Kier alpha value is -2.72. The second-order valence-electron chi connectivity index (χ2n) is 5.13. The molecule has 0 heterocycles. The van der Waals surface area contributed by atoms with Crippen LogP contribution in [0.15, 0.2) is 65.8 Å². The fourth-order valence-corrected chi connectivity index (χ4v) is 2.56. The molecular formula is C19H16ClNO3. The minimum Gasteiger partial charge on any atom is -0.490 e. The van der Waals surface area contributed by atoms with Crippen molar-refractivity contribution in [3.8, 4) is 11.5 Å². The van der Waals surface area contributed by atoms with E-state index in [1.807, 2.05) is 36.4 Å². The molecule has 0 aliphatic rings. The first-order valence-electron chi connectivity index (χ1n) is 7.47. The van der Waals surface area contributed by atoms with Gasteiger partial charge in [-0.25, -0.2) is 0 Å². The molecule has 5 heteroatoms. The molecule has 0 saturated carbocycles. The third-order valence-corrected chi connectivity index (χ3v) is 3.73. The fraction of sp³-hybridized carbons (Fsp3) is 0.105. The average Bonchev–Trinajstić information content (AvgIpc) is 2.60. The highest BCUT2D eigenvalue weighted by molar-refractivity contribution is 6.30. The monoisotopic (exact) mass is 341 g/mol. The van der Waals surface area contributed by atoms with Gasteiger partial charge in [-0.3, -0.25) is 0 Å². The predicted octanol–water partition coefficient (Wildman–Crippen LogP) is 4.76.